The lowest BCUT2D eigenvalue weighted by Gasteiger charge is -2.31. The molecule has 0 aliphatic heterocycles. The van der Waals surface area contributed by atoms with Crippen LogP contribution in [-0.2, 0) is 7.05 Å². The highest BCUT2D eigenvalue weighted by atomic mass is 35.5. The molecule has 2 aromatic heterocycles. The fourth-order valence-corrected chi connectivity index (χ4v) is 4.18. The van der Waals surface area contributed by atoms with E-state index in [0.717, 1.165) is 11.1 Å². The number of anilines is 1. The van der Waals surface area contributed by atoms with E-state index >= 15 is 0 Å². The molecule has 0 bridgehead atoms. The van der Waals surface area contributed by atoms with E-state index in [-0.39, 0.29) is 17.6 Å². The highest BCUT2D eigenvalue weighted by Crippen LogP contribution is 2.34. The third kappa shape index (κ3) is 3.80. The Morgan fingerprint density at radius 1 is 0.941 bits per heavy atom. The highest BCUT2D eigenvalue weighted by Gasteiger charge is 2.26. The van der Waals surface area contributed by atoms with Crippen molar-refractivity contribution in [3.05, 3.63) is 105 Å². The number of oxazole rings is 1. The first kappa shape index (κ1) is 21.7. The van der Waals surface area contributed by atoms with E-state index in [1.807, 2.05) is 78.7 Å². The molecule has 0 fully saturated rings. The summed E-state index contributed by atoms with van der Waals surface area (Å²) in [4.78, 5) is 23.9. The zero-order valence-electron chi connectivity index (χ0n) is 18.5. The molecule has 3 aromatic carbocycles. The predicted octanol–water partition coefficient (Wildman–Crippen LogP) is 5.17. The van der Waals surface area contributed by atoms with Crippen molar-refractivity contribution in [2.75, 3.05) is 11.9 Å². The van der Waals surface area contributed by atoms with Crippen LogP contribution in [0, 0.1) is 0 Å². The number of aromatic hydroxyl groups is 1. The molecule has 1 unspecified atom stereocenters. The number of rotatable bonds is 5. The van der Waals surface area contributed by atoms with E-state index in [0.29, 0.717) is 22.1 Å². The SMILES string of the molecule is CN(c1nc(-c2nc3ccccc3o2)c(O)c(=O)n1C)C(c1ccccc1)c1ccc(Cl)cc1. The van der Waals surface area contributed by atoms with Crippen molar-refractivity contribution in [1.29, 1.82) is 0 Å². The van der Waals surface area contributed by atoms with Gasteiger partial charge in [0.2, 0.25) is 11.7 Å². The second-order valence-corrected chi connectivity index (χ2v) is 8.37. The van der Waals surface area contributed by atoms with E-state index in [2.05, 4.69) is 9.97 Å². The number of para-hydroxylation sites is 2. The van der Waals surface area contributed by atoms with Crippen molar-refractivity contribution in [3.63, 3.8) is 0 Å². The summed E-state index contributed by atoms with van der Waals surface area (Å²) in [5.41, 5.74) is 2.50. The molecule has 7 nitrogen and oxygen atoms in total. The molecular formula is C26H21ClN4O3. The molecular weight excluding hydrogens is 452 g/mol. The number of hydrogen-bond acceptors (Lipinski definition) is 6. The van der Waals surface area contributed by atoms with Gasteiger partial charge in [-0.05, 0) is 35.4 Å². The van der Waals surface area contributed by atoms with Crippen LogP contribution in [0.3, 0.4) is 0 Å². The van der Waals surface area contributed by atoms with Crippen molar-refractivity contribution in [1.82, 2.24) is 14.5 Å². The number of hydrogen-bond donors (Lipinski definition) is 1. The van der Waals surface area contributed by atoms with Gasteiger partial charge >= 0.3 is 0 Å². The van der Waals surface area contributed by atoms with Crippen molar-refractivity contribution < 1.29 is 9.52 Å². The first-order valence-corrected chi connectivity index (χ1v) is 11.0. The van der Waals surface area contributed by atoms with Gasteiger partial charge < -0.3 is 14.4 Å². The van der Waals surface area contributed by atoms with Crippen molar-refractivity contribution >= 4 is 28.6 Å². The minimum absolute atomic E-state index is 0.0101. The second kappa shape index (κ2) is 8.68. The molecule has 0 saturated heterocycles. The lowest BCUT2D eigenvalue weighted by atomic mass is 9.97. The maximum absolute atomic E-state index is 13.0. The summed E-state index contributed by atoms with van der Waals surface area (Å²) in [6, 6.07) is 24.4. The van der Waals surface area contributed by atoms with Crippen LogP contribution in [-0.4, -0.2) is 26.7 Å². The Labute approximate surface area is 200 Å². The summed E-state index contributed by atoms with van der Waals surface area (Å²) < 4.78 is 7.11. The monoisotopic (exact) mass is 472 g/mol. The van der Waals surface area contributed by atoms with E-state index in [9.17, 15) is 9.90 Å². The van der Waals surface area contributed by atoms with Crippen LogP contribution in [0.2, 0.25) is 5.02 Å². The summed E-state index contributed by atoms with van der Waals surface area (Å²) in [5.74, 6) is -0.105. The molecule has 1 N–H and O–H groups in total. The maximum atomic E-state index is 13.0. The van der Waals surface area contributed by atoms with Crippen molar-refractivity contribution in [2.24, 2.45) is 7.05 Å². The normalized spacial score (nSPS) is 12.1. The van der Waals surface area contributed by atoms with E-state index in [1.165, 1.54) is 4.57 Å². The number of fused-ring (bicyclic) bond motifs is 1. The minimum atomic E-state index is -0.600. The first-order chi connectivity index (χ1) is 16.4. The molecule has 0 radical (unpaired) electrons. The maximum Gasteiger partial charge on any atom is 0.297 e. The van der Waals surface area contributed by atoms with Gasteiger partial charge in [-0.3, -0.25) is 9.36 Å². The fraction of sp³-hybridized carbons (Fsp3) is 0.115. The average Bonchev–Trinajstić information content (AvgIpc) is 3.29. The summed E-state index contributed by atoms with van der Waals surface area (Å²) in [6.45, 7) is 0. The summed E-state index contributed by atoms with van der Waals surface area (Å²) in [7, 11) is 3.42. The summed E-state index contributed by atoms with van der Waals surface area (Å²) in [5, 5.41) is 11.3. The standard InChI is InChI=1S/C26H21ClN4O3/c1-30(22(16-8-4-3-5-9-16)17-12-14-18(27)15-13-17)26-29-21(23(32)25(33)31(26)2)24-28-19-10-6-7-11-20(19)34-24/h3-15,22,32H,1-2H3. The smallest absolute Gasteiger partial charge is 0.297 e. The average molecular weight is 473 g/mol. The second-order valence-electron chi connectivity index (χ2n) is 7.94. The highest BCUT2D eigenvalue weighted by molar-refractivity contribution is 6.30. The van der Waals surface area contributed by atoms with Crippen LogP contribution in [0.15, 0.2) is 88.1 Å². The van der Waals surface area contributed by atoms with Gasteiger partial charge in [-0.1, -0.05) is 66.2 Å². The van der Waals surface area contributed by atoms with Crippen LogP contribution in [0.1, 0.15) is 17.2 Å². The zero-order valence-corrected chi connectivity index (χ0v) is 19.3. The number of halogens is 1. The minimum Gasteiger partial charge on any atom is -0.501 e. The van der Waals surface area contributed by atoms with Crippen LogP contribution in [0.4, 0.5) is 5.95 Å². The van der Waals surface area contributed by atoms with Gasteiger partial charge in [-0.25, -0.2) is 9.97 Å². The third-order valence-electron chi connectivity index (χ3n) is 5.74. The first-order valence-electron chi connectivity index (χ1n) is 10.6. The Kier molecular flexibility index (Phi) is 5.55. The zero-order chi connectivity index (χ0) is 23.8. The number of benzene rings is 3. The van der Waals surface area contributed by atoms with Crippen LogP contribution in [0.25, 0.3) is 22.7 Å². The molecule has 0 aliphatic rings. The molecule has 0 spiro atoms. The van der Waals surface area contributed by atoms with E-state index in [1.54, 1.807) is 19.2 Å². The van der Waals surface area contributed by atoms with Gasteiger partial charge in [0.05, 0.1) is 6.04 Å². The van der Waals surface area contributed by atoms with Gasteiger partial charge in [0, 0.05) is 19.1 Å². The van der Waals surface area contributed by atoms with Crippen molar-refractivity contribution in [3.8, 4) is 17.3 Å². The molecule has 0 amide bonds. The lowest BCUT2D eigenvalue weighted by molar-refractivity contribution is 0.455. The topological polar surface area (TPSA) is 84.4 Å². The van der Waals surface area contributed by atoms with Gasteiger partial charge in [0.1, 0.15) is 5.52 Å². The molecule has 0 aliphatic carbocycles. The summed E-state index contributed by atoms with van der Waals surface area (Å²) in [6.07, 6.45) is 0. The Hall–Kier alpha value is -4.10. The molecule has 2 heterocycles. The Bertz CT molecular complexity index is 1500. The Morgan fingerprint density at radius 2 is 1.59 bits per heavy atom. The van der Waals surface area contributed by atoms with Crippen molar-refractivity contribution in [2.45, 2.75) is 6.04 Å². The molecule has 1 atom stereocenters. The Balaban J connectivity index is 1.68. The van der Waals surface area contributed by atoms with Gasteiger partial charge in [-0.2, -0.15) is 0 Å². The Morgan fingerprint density at radius 3 is 2.29 bits per heavy atom. The fourth-order valence-electron chi connectivity index (χ4n) is 4.05. The van der Waals surface area contributed by atoms with Crippen LogP contribution < -0.4 is 10.5 Å². The quantitative estimate of drug-likeness (QED) is 0.379. The third-order valence-corrected chi connectivity index (χ3v) is 6.00. The molecule has 8 heteroatoms. The number of nitrogens with zero attached hydrogens (tertiary/aromatic N) is 4. The lowest BCUT2D eigenvalue weighted by Crippen LogP contribution is -2.32. The van der Waals surface area contributed by atoms with E-state index < -0.39 is 11.3 Å². The van der Waals surface area contributed by atoms with Gasteiger partial charge in [0.15, 0.2) is 11.3 Å². The van der Waals surface area contributed by atoms with E-state index in [4.69, 9.17) is 16.0 Å². The molecule has 5 rings (SSSR count). The molecule has 170 valence electrons. The predicted molar refractivity (Wildman–Crippen MR) is 132 cm³/mol. The molecule has 34 heavy (non-hydrogen) atoms. The van der Waals surface area contributed by atoms with Gasteiger partial charge in [-0.15, -0.1) is 0 Å². The van der Waals surface area contributed by atoms with Crippen LogP contribution >= 0.6 is 11.6 Å². The van der Waals surface area contributed by atoms with Gasteiger partial charge in [0.25, 0.3) is 11.4 Å². The molecule has 5 aromatic rings. The summed E-state index contributed by atoms with van der Waals surface area (Å²) >= 11 is 6.13. The van der Waals surface area contributed by atoms with Crippen LogP contribution in [0.5, 0.6) is 5.75 Å². The molecule has 0 saturated carbocycles. The largest absolute Gasteiger partial charge is 0.501 e. The number of aromatic nitrogens is 3.